The number of rotatable bonds is 4. The molecular formula is C24H18N4O2S2. The van der Waals surface area contributed by atoms with Gasteiger partial charge >= 0.3 is 0 Å². The fourth-order valence-corrected chi connectivity index (χ4v) is 5.01. The third kappa shape index (κ3) is 3.94. The highest BCUT2D eigenvalue weighted by Crippen LogP contribution is 2.33. The molecule has 0 fully saturated rings. The van der Waals surface area contributed by atoms with Gasteiger partial charge in [-0.05, 0) is 61.5 Å². The summed E-state index contributed by atoms with van der Waals surface area (Å²) in [6.07, 6.45) is 1.55. The van der Waals surface area contributed by atoms with E-state index in [2.05, 4.69) is 10.1 Å². The van der Waals surface area contributed by atoms with Crippen molar-refractivity contribution in [3.63, 3.8) is 0 Å². The van der Waals surface area contributed by atoms with Gasteiger partial charge in [0.25, 0.3) is 5.91 Å². The standard InChI is InChI=1S/C24H18N4O2S2/c1-14-7-10-17(11-8-14)31-20-12-9-16(30-20)13-19-21(25)28-24(26-22(19)29)32-23(27-28)18-6-4-3-5-15(18)2/h3-13,25H,1-2H3/b19-13-,25-21?. The molecule has 0 saturated heterocycles. The summed E-state index contributed by atoms with van der Waals surface area (Å²) in [4.78, 5) is 17.9. The zero-order valence-electron chi connectivity index (χ0n) is 17.3. The molecule has 0 bridgehead atoms. The molecule has 0 atom stereocenters. The van der Waals surface area contributed by atoms with Gasteiger partial charge in [-0.15, -0.1) is 0 Å². The molecule has 0 saturated carbocycles. The molecule has 3 heterocycles. The first-order valence-electron chi connectivity index (χ1n) is 9.88. The van der Waals surface area contributed by atoms with Gasteiger partial charge in [0, 0.05) is 10.5 Å². The van der Waals surface area contributed by atoms with E-state index in [1.54, 1.807) is 12.1 Å². The van der Waals surface area contributed by atoms with Crippen LogP contribution in [0.5, 0.6) is 0 Å². The van der Waals surface area contributed by atoms with Crippen LogP contribution >= 0.6 is 23.5 Å². The van der Waals surface area contributed by atoms with Crippen molar-refractivity contribution in [3.8, 4) is 0 Å². The summed E-state index contributed by atoms with van der Waals surface area (Å²) in [5.41, 5.74) is 3.37. The van der Waals surface area contributed by atoms with Gasteiger partial charge in [-0.1, -0.05) is 53.7 Å². The number of carbonyl (C=O) groups excluding carboxylic acids is 1. The van der Waals surface area contributed by atoms with Crippen molar-refractivity contribution in [3.05, 3.63) is 88.7 Å². The monoisotopic (exact) mass is 458 g/mol. The zero-order valence-corrected chi connectivity index (χ0v) is 19.0. The Balaban J connectivity index is 1.39. The summed E-state index contributed by atoms with van der Waals surface area (Å²) >= 11 is 2.79. The van der Waals surface area contributed by atoms with Gasteiger partial charge in [-0.2, -0.15) is 15.1 Å². The van der Waals surface area contributed by atoms with Crippen molar-refractivity contribution < 1.29 is 9.21 Å². The first-order chi connectivity index (χ1) is 15.5. The average Bonchev–Trinajstić information content (AvgIpc) is 3.40. The predicted octanol–water partition coefficient (Wildman–Crippen LogP) is 5.72. The van der Waals surface area contributed by atoms with Crippen LogP contribution in [-0.4, -0.2) is 27.0 Å². The molecule has 5 rings (SSSR count). The summed E-state index contributed by atoms with van der Waals surface area (Å²) in [6, 6.07) is 19.7. The van der Waals surface area contributed by atoms with Crippen molar-refractivity contribution in [2.75, 3.05) is 0 Å². The summed E-state index contributed by atoms with van der Waals surface area (Å²) in [5, 5.41) is 16.3. The van der Waals surface area contributed by atoms with E-state index in [1.807, 2.05) is 68.4 Å². The molecule has 1 N–H and O–H groups in total. The number of carbonyl (C=O) groups is 1. The second kappa shape index (κ2) is 8.29. The van der Waals surface area contributed by atoms with Crippen LogP contribution in [0.3, 0.4) is 0 Å². The highest BCUT2D eigenvalue weighted by Gasteiger charge is 2.36. The van der Waals surface area contributed by atoms with E-state index in [4.69, 9.17) is 9.83 Å². The SMILES string of the molecule is Cc1ccc(Sc2ccc(/C=C3/C(=N)N4N=C(c5ccccc5C)SC4=NC3=O)o2)cc1. The van der Waals surface area contributed by atoms with Gasteiger partial charge in [-0.3, -0.25) is 10.2 Å². The molecule has 2 aliphatic rings. The molecular weight excluding hydrogens is 440 g/mol. The fourth-order valence-electron chi connectivity index (χ4n) is 3.25. The Labute approximate surface area is 193 Å². The largest absolute Gasteiger partial charge is 0.450 e. The third-order valence-corrected chi connectivity index (χ3v) is 6.83. The van der Waals surface area contributed by atoms with Crippen molar-refractivity contribution in [2.45, 2.75) is 23.8 Å². The number of hydrogen-bond donors (Lipinski definition) is 1. The van der Waals surface area contributed by atoms with E-state index < -0.39 is 5.91 Å². The van der Waals surface area contributed by atoms with Crippen molar-refractivity contribution >= 4 is 51.6 Å². The lowest BCUT2D eigenvalue weighted by Crippen LogP contribution is -2.35. The van der Waals surface area contributed by atoms with Gasteiger partial charge in [0.15, 0.2) is 10.9 Å². The first kappa shape index (κ1) is 20.5. The predicted molar refractivity (Wildman–Crippen MR) is 129 cm³/mol. The maximum absolute atomic E-state index is 12.7. The Morgan fingerprint density at radius 1 is 1.06 bits per heavy atom. The van der Waals surface area contributed by atoms with Crippen LogP contribution < -0.4 is 0 Å². The highest BCUT2D eigenvalue weighted by atomic mass is 32.2. The van der Waals surface area contributed by atoms with Crippen LogP contribution in [0.25, 0.3) is 6.08 Å². The fraction of sp³-hybridized carbons (Fsp3) is 0.0833. The number of thioether (sulfide) groups is 1. The summed E-state index contributed by atoms with van der Waals surface area (Å²) in [6.45, 7) is 4.05. The van der Waals surface area contributed by atoms with Gasteiger partial charge in [-0.25, -0.2) is 0 Å². The van der Waals surface area contributed by atoms with E-state index in [9.17, 15) is 4.79 Å². The first-order valence-corrected chi connectivity index (χ1v) is 11.5. The number of nitrogens with zero attached hydrogens (tertiary/aromatic N) is 3. The molecule has 0 unspecified atom stereocenters. The van der Waals surface area contributed by atoms with Crippen LogP contribution in [-0.2, 0) is 4.79 Å². The average molecular weight is 459 g/mol. The summed E-state index contributed by atoms with van der Waals surface area (Å²) in [5.74, 6) is 0.000613. The molecule has 8 heteroatoms. The Hall–Kier alpha value is -3.36. The molecule has 0 aliphatic carbocycles. The van der Waals surface area contributed by atoms with E-state index in [0.29, 0.717) is 16.0 Å². The number of amides is 1. The smallest absolute Gasteiger partial charge is 0.283 e. The lowest BCUT2D eigenvalue weighted by Gasteiger charge is -2.19. The lowest BCUT2D eigenvalue weighted by atomic mass is 10.1. The normalized spacial score (nSPS) is 16.9. The second-order valence-electron chi connectivity index (χ2n) is 7.31. The Morgan fingerprint density at radius 2 is 1.84 bits per heavy atom. The summed E-state index contributed by atoms with van der Waals surface area (Å²) < 4.78 is 5.86. The summed E-state index contributed by atoms with van der Waals surface area (Å²) in [7, 11) is 0. The number of amidine groups is 2. The molecule has 2 aliphatic heterocycles. The van der Waals surface area contributed by atoms with E-state index >= 15 is 0 Å². The number of aliphatic imine (C=N–C) groups is 1. The number of hydrogen-bond acceptors (Lipinski definition) is 6. The maximum Gasteiger partial charge on any atom is 0.283 e. The van der Waals surface area contributed by atoms with E-state index in [-0.39, 0.29) is 11.4 Å². The van der Waals surface area contributed by atoms with Gasteiger partial charge in [0.2, 0.25) is 5.17 Å². The van der Waals surface area contributed by atoms with Gasteiger partial charge in [0.05, 0.1) is 5.57 Å². The number of aryl methyl sites for hydroxylation is 2. The van der Waals surface area contributed by atoms with Crippen LogP contribution in [0.2, 0.25) is 0 Å². The number of benzene rings is 2. The van der Waals surface area contributed by atoms with E-state index in [1.165, 1.54) is 34.1 Å². The van der Waals surface area contributed by atoms with Crippen LogP contribution in [0, 0.1) is 19.3 Å². The number of nitrogens with one attached hydrogen (secondary N) is 1. The molecule has 32 heavy (non-hydrogen) atoms. The van der Waals surface area contributed by atoms with Crippen molar-refractivity contribution in [1.82, 2.24) is 5.01 Å². The minimum absolute atomic E-state index is 0.0137. The van der Waals surface area contributed by atoms with Crippen LogP contribution in [0.1, 0.15) is 22.5 Å². The molecule has 158 valence electrons. The molecule has 3 aromatic rings. The quantitative estimate of drug-likeness (QED) is 0.506. The van der Waals surface area contributed by atoms with Gasteiger partial charge < -0.3 is 4.42 Å². The number of hydrazone groups is 1. The maximum atomic E-state index is 12.7. The highest BCUT2D eigenvalue weighted by molar-refractivity contribution is 8.27. The lowest BCUT2D eigenvalue weighted by molar-refractivity contribution is -0.114. The topological polar surface area (TPSA) is 82.0 Å². The molecule has 1 aromatic heterocycles. The van der Waals surface area contributed by atoms with Crippen LogP contribution in [0.4, 0.5) is 0 Å². The minimum atomic E-state index is -0.473. The van der Waals surface area contributed by atoms with Crippen molar-refractivity contribution in [2.24, 2.45) is 10.1 Å². The molecule has 2 aromatic carbocycles. The van der Waals surface area contributed by atoms with Gasteiger partial charge in [0.1, 0.15) is 10.8 Å². The number of furan rings is 1. The Bertz CT molecular complexity index is 1340. The second-order valence-corrected chi connectivity index (χ2v) is 9.35. The minimum Gasteiger partial charge on any atom is -0.450 e. The van der Waals surface area contributed by atoms with E-state index in [0.717, 1.165) is 21.1 Å². The molecule has 0 radical (unpaired) electrons. The molecule has 6 nitrogen and oxygen atoms in total. The Morgan fingerprint density at radius 3 is 2.62 bits per heavy atom. The van der Waals surface area contributed by atoms with Crippen molar-refractivity contribution in [1.29, 1.82) is 5.41 Å². The zero-order chi connectivity index (χ0) is 22.2. The Kier molecular flexibility index (Phi) is 5.32. The third-order valence-electron chi connectivity index (χ3n) is 4.96. The molecule has 0 spiro atoms. The molecule has 1 amide bonds. The number of fused-ring (bicyclic) bond motifs is 1. The van der Waals surface area contributed by atoms with Crippen LogP contribution in [0.15, 0.2) is 90.7 Å².